The van der Waals surface area contributed by atoms with Crippen LogP contribution in [0.25, 0.3) is 16.7 Å². The topological polar surface area (TPSA) is 101 Å². The molecule has 5 rings (SSSR count). The highest BCUT2D eigenvalue weighted by molar-refractivity contribution is 7.96. The van der Waals surface area contributed by atoms with Crippen molar-refractivity contribution in [1.82, 2.24) is 24.7 Å². The average molecular weight is 536 g/mol. The molecule has 0 aliphatic carbocycles. The number of amides is 1. The van der Waals surface area contributed by atoms with Crippen LogP contribution in [0, 0.1) is 18.7 Å². The first-order valence-corrected chi connectivity index (χ1v) is 12.2. The van der Waals surface area contributed by atoms with Gasteiger partial charge in [-0.25, -0.2) is 19.0 Å². The van der Waals surface area contributed by atoms with Crippen LogP contribution in [0.3, 0.4) is 0 Å². The van der Waals surface area contributed by atoms with Gasteiger partial charge < -0.3 is 10.3 Å². The van der Waals surface area contributed by atoms with E-state index in [1.165, 1.54) is 23.9 Å². The number of pyridine rings is 2. The molecule has 38 heavy (non-hydrogen) atoms. The van der Waals surface area contributed by atoms with Crippen LogP contribution in [0.4, 0.5) is 20.4 Å². The molecule has 2 N–H and O–H groups in total. The van der Waals surface area contributed by atoms with Crippen molar-refractivity contribution in [3.8, 4) is 5.69 Å². The third-order valence-electron chi connectivity index (χ3n) is 5.81. The van der Waals surface area contributed by atoms with Crippen molar-refractivity contribution in [2.24, 2.45) is 0 Å². The number of hydrogen-bond donors (Lipinski definition) is 2. The molecule has 0 atom stereocenters. The zero-order valence-electron chi connectivity index (χ0n) is 20.7. The van der Waals surface area contributed by atoms with E-state index in [0.29, 0.717) is 23.5 Å². The molecule has 0 unspecified atom stereocenters. The SMILES string of the molecule is COSN(C)c1cc(C(=O)Nc2ccc(Cc3c[nH]c4ncc(C)cc34)c(F)n2)nn1-c1ccc(F)cc1. The summed E-state index contributed by atoms with van der Waals surface area (Å²) in [6.07, 6.45) is 3.88. The van der Waals surface area contributed by atoms with E-state index in [2.05, 4.69) is 25.4 Å². The highest BCUT2D eigenvalue weighted by Gasteiger charge is 2.20. The molecule has 0 saturated heterocycles. The summed E-state index contributed by atoms with van der Waals surface area (Å²) in [6, 6.07) is 12.3. The Morgan fingerprint density at radius 2 is 1.95 bits per heavy atom. The lowest BCUT2D eigenvalue weighted by Crippen LogP contribution is -2.15. The third kappa shape index (κ3) is 5.22. The molecule has 0 aliphatic heterocycles. The van der Waals surface area contributed by atoms with Crippen molar-refractivity contribution < 1.29 is 17.8 Å². The van der Waals surface area contributed by atoms with Gasteiger partial charge in [0.15, 0.2) is 5.69 Å². The largest absolute Gasteiger partial charge is 0.346 e. The van der Waals surface area contributed by atoms with Crippen LogP contribution in [0.1, 0.15) is 27.2 Å². The van der Waals surface area contributed by atoms with Gasteiger partial charge in [-0.05, 0) is 54.4 Å². The number of nitrogens with zero attached hydrogens (tertiary/aromatic N) is 5. The standard InChI is InChI=1S/C26H23F2N7O2S/c1-15-10-20-17(14-30-25(20)29-13-15)11-16-4-9-22(31-24(16)28)32-26(36)21-12-23(34(2)38-37-3)35(33-21)19-7-5-18(27)6-8-19/h4-10,12-14H,11H2,1-3H3,(H,29,30)(H,31,32,36). The molecule has 0 bridgehead atoms. The number of benzene rings is 1. The van der Waals surface area contributed by atoms with Crippen LogP contribution in [-0.4, -0.2) is 44.8 Å². The highest BCUT2D eigenvalue weighted by atomic mass is 32.2. The minimum atomic E-state index is -0.688. The molecule has 0 radical (unpaired) electrons. The molecule has 0 aliphatic rings. The van der Waals surface area contributed by atoms with Crippen molar-refractivity contribution in [2.75, 3.05) is 23.8 Å². The first-order chi connectivity index (χ1) is 18.3. The zero-order valence-corrected chi connectivity index (χ0v) is 21.5. The Bertz CT molecular complexity index is 1620. The fraction of sp³-hybridized carbons (Fsp3) is 0.154. The molecule has 0 saturated carbocycles. The third-order valence-corrected chi connectivity index (χ3v) is 6.37. The normalized spacial score (nSPS) is 11.2. The van der Waals surface area contributed by atoms with Crippen LogP contribution in [0.2, 0.25) is 0 Å². The molecular formula is C26H23F2N7O2S. The van der Waals surface area contributed by atoms with E-state index in [-0.39, 0.29) is 11.5 Å². The summed E-state index contributed by atoms with van der Waals surface area (Å²) in [6.45, 7) is 1.95. The number of carbonyl (C=O) groups excluding carboxylic acids is 1. The summed E-state index contributed by atoms with van der Waals surface area (Å²) in [5, 5.41) is 7.89. The minimum absolute atomic E-state index is 0.0465. The molecule has 0 fully saturated rings. The summed E-state index contributed by atoms with van der Waals surface area (Å²) in [5.74, 6) is -1.11. The van der Waals surface area contributed by atoms with Gasteiger partial charge in [0.05, 0.1) is 12.8 Å². The van der Waals surface area contributed by atoms with E-state index < -0.39 is 17.7 Å². The highest BCUT2D eigenvalue weighted by Crippen LogP contribution is 2.26. The number of anilines is 2. The van der Waals surface area contributed by atoms with E-state index in [9.17, 15) is 13.6 Å². The van der Waals surface area contributed by atoms with Crippen molar-refractivity contribution >= 4 is 40.8 Å². The molecule has 12 heteroatoms. The molecule has 1 amide bonds. The number of nitrogens with one attached hydrogen (secondary N) is 2. The Morgan fingerprint density at radius 3 is 2.68 bits per heavy atom. The van der Waals surface area contributed by atoms with Crippen LogP contribution >= 0.6 is 12.2 Å². The molecule has 1 aromatic carbocycles. The van der Waals surface area contributed by atoms with Gasteiger partial charge in [-0.1, -0.05) is 6.07 Å². The number of fused-ring (bicyclic) bond motifs is 1. The molecule has 0 spiro atoms. The summed E-state index contributed by atoms with van der Waals surface area (Å²) >= 11 is 1.03. The molecular weight excluding hydrogens is 512 g/mol. The summed E-state index contributed by atoms with van der Waals surface area (Å²) in [4.78, 5) is 24.4. The van der Waals surface area contributed by atoms with Crippen LogP contribution < -0.4 is 9.62 Å². The maximum atomic E-state index is 14.9. The predicted octanol–water partition coefficient (Wildman–Crippen LogP) is 5.22. The number of halogens is 2. The second-order valence-corrected chi connectivity index (χ2v) is 9.54. The lowest BCUT2D eigenvalue weighted by molar-refractivity contribution is 0.102. The summed E-state index contributed by atoms with van der Waals surface area (Å²) in [5.41, 5.74) is 3.61. The fourth-order valence-corrected chi connectivity index (χ4v) is 4.42. The molecule has 4 aromatic heterocycles. The van der Waals surface area contributed by atoms with Gasteiger partial charge in [-0.3, -0.25) is 13.3 Å². The predicted molar refractivity (Wildman–Crippen MR) is 142 cm³/mol. The van der Waals surface area contributed by atoms with Gasteiger partial charge in [-0.15, -0.1) is 0 Å². The van der Waals surface area contributed by atoms with E-state index >= 15 is 0 Å². The van der Waals surface area contributed by atoms with Gasteiger partial charge in [0.1, 0.15) is 35.3 Å². The Balaban J connectivity index is 1.37. The number of carbonyl (C=O) groups is 1. The number of aryl methyl sites for hydroxylation is 1. The van der Waals surface area contributed by atoms with Gasteiger partial charge in [0, 0.05) is 42.9 Å². The first kappa shape index (κ1) is 25.4. The second-order valence-electron chi connectivity index (χ2n) is 8.51. The monoisotopic (exact) mass is 535 g/mol. The fourth-order valence-electron chi connectivity index (χ4n) is 3.99. The number of hydrogen-bond acceptors (Lipinski definition) is 7. The van der Waals surface area contributed by atoms with Gasteiger partial charge in [0.25, 0.3) is 5.91 Å². The molecule has 194 valence electrons. The average Bonchev–Trinajstić information content (AvgIpc) is 3.51. The number of aromatic amines is 1. The zero-order chi connectivity index (χ0) is 26.8. The minimum Gasteiger partial charge on any atom is -0.346 e. The van der Waals surface area contributed by atoms with Crippen LogP contribution in [0.15, 0.2) is 60.9 Å². The smallest absolute Gasteiger partial charge is 0.277 e. The quantitative estimate of drug-likeness (QED) is 0.160. The molecule has 4 heterocycles. The Morgan fingerprint density at radius 1 is 1.16 bits per heavy atom. The van der Waals surface area contributed by atoms with Crippen molar-refractivity contribution in [2.45, 2.75) is 13.3 Å². The van der Waals surface area contributed by atoms with Crippen molar-refractivity contribution in [3.05, 3.63) is 95.1 Å². The van der Waals surface area contributed by atoms with E-state index in [1.54, 1.807) is 54.1 Å². The molecule has 9 nitrogen and oxygen atoms in total. The lowest BCUT2D eigenvalue weighted by Gasteiger charge is -2.16. The molecule has 5 aromatic rings. The Kier molecular flexibility index (Phi) is 7.07. The van der Waals surface area contributed by atoms with Crippen molar-refractivity contribution in [1.29, 1.82) is 0 Å². The van der Waals surface area contributed by atoms with E-state index in [1.807, 2.05) is 13.0 Å². The Hall–Kier alpha value is -4.29. The second kappa shape index (κ2) is 10.6. The summed E-state index contributed by atoms with van der Waals surface area (Å²) < 4.78 is 36.6. The Labute approximate surface area is 221 Å². The number of H-pyrrole nitrogens is 1. The maximum Gasteiger partial charge on any atom is 0.277 e. The van der Waals surface area contributed by atoms with E-state index in [0.717, 1.165) is 34.4 Å². The van der Waals surface area contributed by atoms with Gasteiger partial charge in [0.2, 0.25) is 5.95 Å². The van der Waals surface area contributed by atoms with E-state index in [4.69, 9.17) is 4.18 Å². The van der Waals surface area contributed by atoms with Gasteiger partial charge in [-0.2, -0.15) is 9.49 Å². The lowest BCUT2D eigenvalue weighted by atomic mass is 10.1. The summed E-state index contributed by atoms with van der Waals surface area (Å²) in [7, 11) is 3.24. The first-order valence-electron chi connectivity index (χ1n) is 11.5. The number of rotatable bonds is 8. The van der Waals surface area contributed by atoms with Crippen LogP contribution in [0.5, 0.6) is 0 Å². The van der Waals surface area contributed by atoms with Crippen molar-refractivity contribution in [3.63, 3.8) is 0 Å². The maximum absolute atomic E-state index is 14.9. The van der Waals surface area contributed by atoms with Crippen LogP contribution in [-0.2, 0) is 10.6 Å². The number of aromatic nitrogens is 5. The van der Waals surface area contributed by atoms with Gasteiger partial charge >= 0.3 is 0 Å².